The Hall–Kier alpha value is -2.70. The zero-order valence-electron chi connectivity index (χ0n) is 10.2. The van der Waals surface area contributed by atoms with Crippen LogP contribution in [0.2, 0.25) is 0 Å². The van der Waals surface area contributed by atoms with E-state index in [-0.39, 0.29) is 18.0 Å². The Balaban J connectivity index is 2.03. The molecule has 0 unspecified atom stereocenters. The number of nitrogens with zero attached hydrogens (tertiary/aromatic N) is 2. The van der Waals surface area contributed by atoms with Gasteiger partial charge in [0, 0.05) is 11.9 Å². The average Bonchev–Trinajstić information content (AvgIpc) is 2.82. The number of hydrogen-bond donors (Lipinski definition) is 3. The number of carbonyl (C=O) groups is 2. The third-order valence-corrected chi connectivity index (χ3v) is 2.57. The smallest absolute Gasteiger partial charge is 0.335 e. The van der Waals surface area contributed by atoms with E-state index in [0.29, 0.717) is 17.0 Å². The summed E-state index contributed by atoms with van der Waals surface area (Å²) >= 11 is 0. The monoisotopic (exact) mass is 260 g/mol. The van der Waals surface area contributed by atoms with Gasteiger partial charge < -0.3 is 10.4 Å². The lowest BCUT2D eigenvalue weighted by molar-refractivity contribution is 0.0696. The van der Waals surface area contributed by atoms with E-state index < -0.39 is 5.97 Å². The van der Waals surface area contributed by atoms with Gasteiger partial charge >= 0.3 is 5.97 Å². The Bertz CT molecular complexity index is 621. The van der Waals surface area contributed by atoms with Crippen LogP contribution in [-0.4, -0.2) is 32.2 Å². The van der Waals surface area contributed by atoms with Gasteiger partial charge in [0.2, 0.25) is 0 Å². The zero-order valence-corrected chi connectivity index (χ0v) is 10.2. The summed E-state index contributed by atoms with van der Waals surface area (Å²) in [5, 5.41) is 17.9. The first kappa shape index (κ1) is 12.7. The summed E-state index contributed by atoms with van der Waals surface area (Å²) in [5.74, 6) is -1.31. The largest absolute Gasteiger partial charge is 0.478 e. The Morgan fingerprint density at radius 1 is 1.47 bits per heavy atom. The number of pyridine rings is 1. The quantitative estimate of drug-likeness (QED) is 0.751. The Kier molecular flexibility index (Phi) is 3.56. The maximum absolute atomic E-state index is 11.8. The number of carboxylic acid groups (broad SMARTS) is 1. The maximum Gasteiger partial charge on any atom is 0.335 e. The molecule has 98 valence electrons. The second-order valence-electron chi connectivity index (χ2n) is 3.93. The zero-order chi connectivity index (χ0) is 13.8. The van der Waals surface area contributed by atoms with E-state index >= 15 is 0 Å². The van der Waals surface area contributed by atoms with Crippen LogP contribution in [0.4, 0.5) is 0 Å². The first-order chi connectivity index (χ1) is 9.08. The van der Waals surface area contributed by atoms with E-state index in [9.17, 15) is 9.59 Å². The molecule has 0 fully saturated rings. The number of aryl methyl sites for hydroxylation is 1. The summed E-state index contributed by atoms with van der Waals surface area (Å²) in [4.78, 5) is 26.6. The maximum atomic E-state index is 11.8. The van der Waals surface area contributed by atoms with Gasteiger partial charge in [-0.3, -0.25) is 14.9 Å². The van der Waals surface area contributed by atoms with Crippen LogP contribution >= 0.6 is 0 Å². The molecule has 0 saturated carbocycles. The molecule has 7 heteroatoms. The number of hydrogen-bond acceptors (Lipinski definition) is 4. The summed E-state index contributed by atoms with van der Waals surface area (Å²) < 4.78 is 0. The number of rotatable bonds is 4. The van der Waals surface area contributed by atoms with Gasteiger partial charge in [0.15, 0.2) is 0 Å². The van der Waals surface area contributed by atoms with Crippen LogP contribution in [-0.2, 0) is 6.54 Å². The molecule has 2 aromatic heterocycles. The van der Waals surface area contributed by atoms with E-state index in [2.05, 4.69) is 20.5 Å². The van der Waals surface area contributed by atoms with Crippen molar-refractivity contribution >= 4 is 11.9 Å². The van der Waals surface area contributed by atoms with Crippen LogP contribution in [0.5, 0.6) is 0 Å². The number of nitrogens with one attached hydrogen (secondary N) is 2. The van der Waals surface area contributed by atoms with Crippen LogP contribution in [0.15, 0.2) is 24.5 Å². The molecule has 1 amide bonds. The molecule has 0 radical (unpaired) electrons. The number of amides is 1. The molecule has 0 aliphatic rings. The van der Waals surface area contributed by atoms with Gasteiger partial charge in [-0.15, -0.1) is 0 Å². The van der Waals surface area contributed by atoms with Crippen molar-refractivity contribution in [2.75, 3.05) is 0 Å². The van der Waals surface area contributed by atoms with E-state index in [4.69, 9.17) is 5.11 Å². The first-order valence-electron chi connectivity index (χ1n) is 5.54. The average molecular weight is 260 g/mol. The molecule has 0 atom stereocenters. The number of carbonyl (C=O) groups excluding carboxylic acids is 1. The number of aromatic carboxylic acids is 1. The molecule has 3 N–H and O–H groups in total. The molecular weight excluding hydrogens is 248 g/mol. The summed E-state index contributed by atoms with van der Waals surface area (Å²) in [7, 11) is 0. The van der Waals surface area contributed by atoms with Crippen LogP contribution in [0, 0.1) is 6.92 Å². The third-order valence-electron chi connectivity index (χ3n) is 2.57. The van der Waals surface area contributed by atoms with Crippen molar-refractivity contribution < 1.29 is 14.7 Å². The van der Waals surface area contributed by atoms with Gasteiger partial charge in [0.25, 0.3) is 5.91 Å². The summed E-state index contributed by atoms with van der Waals surface area (Å²) in [6.07, 6.45) is 2.83. The Morgan fingerprint density at radius 3 is 2.89 bits per heavy atom. The number of aromatic nitrogens is 3. The predicted molar refractivity (Wildman–Crippen MR) is 65.7 cm³/mol. The molecule has 0 aliphatic carbocycles. The minimum atomic E-state index is -1.03. The van der Waals surface area contributed by atoms with E-state index in [1.165, 1.54) is 24.5 Å². The molecule has 19 heavy (non-hydrogen) atoms. The summed E-state index contributed by atoms with van der Waals surface area (Å²) in [5.41, 5.74) is 1.74. The fraction of sp³-hybridized carbons (Fsp3) is 0.167. The lowest BCUT2D eigenvalue weighted by Crippen LogP contribution is -2.23. The highest BCUT2D eigenvalue weighted by Crippen LogP contribution is 2.04. The molecule has 0 aromatic carbocycles. The highest BCUT2D eigenvalue weighted by molar-refractivity contribution is 5.94. The van der Waals surface area contributed by atoms with Crippen molar-refractivity contribution in [2.45, 2.75) is 13.5 Å². The fourth-order valence-electron chi connectivity index (χ4n) is 1.55. The van der Waals surface area contributed by atoms with Gasteiger partial charge in [0.05, 0.1) is 29.6 Å². The van der Waals surface area contributed by atoms with Crippen molar-refractivity contribution in [1.82, 2.24) is 20.5 Å². The fourth-order valence-corrected chi connectivity index (χ4v) is 1.55. The molecule has 2 aromatic rings. The molecule has 2 heterocycles. The van der Waals surface area contributed by atoms with Crippen LogP contribution in [0.1, 0.15) is 32.1 Å². The first-order valence-corrected chi connectivity index (χ1v) is 5.54. The molecule has 0 bridgehead atoms. The van der Waals surface area contributed by atoms with Crippen LogP contribution in [0.25, 0.3) is 0 Å². The van der Waals surface area contributed by atoms with Crippen molar-refractivity contribution in [1.29, 1.82) is 0 Å². The van der Waals surface area contributed by atoms with Gasteiger partial charge in [0.1, 0.15) is 0 Å². The van der Waals surface area contributed by atoms with Gasteiger partial charge in [-0.05, 0) is 19.1 Å². The lowest BCUT2D eigenvalue weighted by atomic mass is 10.2. The third kappa shape index (κ3) is 2.95. The SMILES string of the molecule is Cc1[nH]ncc1C(=O)NCc1cc(C(=O)O)ccn1. The van der Waals surface area contributed by atoms with Crippen molar-refractivity contribution in [2.24, 2.45) is 0 Å². The minimum Gasteiger partial charge on any atom is -0.478 e. The van der Waals surface area contributed by atoms with E-state index in [0.717, 1.165) is 0 Å². The molecule has 7 nitrogen and oxygen atoms in total. The standard InChI is InChI=1S/C12H12N4O3/c1-7-10(6-15-16-7)11(17)14-5-9-4-8(12(18)19)2-3-13-9/h2-4,6H,5H2,1H3,(H,14,17)(H,15,16)(H,18,19). The second kappa shape index (κ2) is 5.30. The molecule has 2 rings (SSSR count). The van der Waals surface area contributed by atoms with Crippen molar-refractivity contribution in [3.05, 3.63) is 47.0 Å². The summed E-state index contributed by atoms with van der Waals surface area (Å²) in [6, 6.07) is 2.82. The normalized spacial score (nSPS) is 10.2. The second-order valence-corrected chi connectivity index (χ2v) is 3.93. The topological polar surface area (TPSA) is 108 Å². The highest BCUT2D eigenvalue weighted by atomic mass is 16.4. The molecular formula is C12H12N4O3. The minimum absolute atomic E-state index is 0.138. The van der Waals surface area contributed by atoms with Crippen molar-refractivity contribution in [3.63, 3.8) is 0 Å². The lowest BCUT2D eigenvalue weighted by Gasteiger charge is -2.04. The Morgan fingerprint density at radius 2 is 2.26 bits per heavy atom. The van der Waals surface area contributed by atoms with Crippen LogP contribution < -0.4 is 5.32 Å². The van der Waals surface area contributed by atoms with E-state index in [1.807, 2.05) is 0 Å². The summed E-state index contributed by atoms with van der Waals surface area (Å²) in [6.45, 7) is 1.90. The molecule has 0 saturated heterocycles. The van der Waals surface area contributed by atoms with Gasteiger partial charge in [-0.25, -0.2) is 4.79 Å². The van der Waals surface area contributed by atoms with Crippen LogP contribution in [0.3, 0.4) is 0 Å². The van der Waals surface area contributed by atoms with Gasteiger partial charge in [-0.1, -0.05) is 0 Å². The predicted octanol–water partition coefficient (Wildman–Crippen LogP) is 0.741. The van der Waals surface area contributed by atoms with E-state index in [1.54, 1.807) is 6.92 Å². The number of aromatic amines is 1. The van der Waals surface area contributed by atoms with Crippen molar-refractivity contribution in [3.8, 4) is 0 Å². The highest BCUT2D eigenvalue weighted by Gasteiger charge is 2.11. The van der Waals surface area contributed by atoms with Gasteiger partial charge in [-0.2, -0.15) is 5.10 Å². The Labute approximate surface area is 108 Å². The number of carboxylic acids is 1. The number of H-pyrrole nitrogens is 1. The molecule has 0 aliphatic heterocycles. The molecule has 0 spiro atoms.